The van der Waals surface area contributed by atoms with Crippen LogP contribution in [0.25, 0.3) is 16.8 Å². The molecule has 4 N–H and O–H groups in total. The maximum absolute atomic E-state index is 13.3. The highest BCUT2D eigenvalue weighted by molar-refractivity contribution is 6.06. The number of amides is 2. The number of benzene rings is 1. The average molecular weight is 494 g/mol. The molecule has 1 aliphatic heterocycles. The number of ether oxygens (including phenoxy) is 2. The highest BCUT2D eigenvalue weighted by Gasteiger charge is 2.49. The van der Waals surface area contributed by atoms with Gasteiger partial charge < -0.3 is 30.2 Å². The second kappa shape index (κ2) is 8.90. The molecule has 186 valence electrons. The summed E-state index contributed by atoms with van der Waals surface area (Å²) in [4.78, 5) is 35.8. The van der Waals surface area contributed by atoms with E-state index >= 15 is 0 Å². The summed E-state index contributed by atoms with van der Waals surface area (Å²) in [7, 11) is 1.45. The molecule has 1 aromatic carbocycles. The van der Waals surface area contributed by atoms with Crippen LogP contribution >= 0.6 is 0 Å². The number of carbonyl (C=O) groups excluding carboxylic acids is 2. The summed E-state index contributed by atoms with van der Waals surface area (Å²) < 4.78 is 17.1. The molecule has 36 heavy (non-hydrogen) atoms. The highest BCUT2D eigenvalue weighted by atomic mass is 16.5. The van der Waals surface area contributed by atoms with Crippen LogP contribution in [0.4, 0.5) is 17.3 Å². The number of anilines is 3. The fraction of sp³-hybridized carbons (Fsp3) is 0.273. The number of nitrogens with zero attached hydrogens (tertiary/aromatic N) is 6. The lowest BCUT2D eigenvalue weighted by molar-refractivity contribution is -0.165. The first-order valence-electron chi connectivity index (χ1n) is 10.8. The number of methoxy groups -OCH3 is 1. The fourth-order valence-corrected chi connectivity index (χ4v) is 3.77. The number of aliphatic hydroxyl groups is 1. The lowest BCUT2D eigenvalue weighted by Gasteiger charge is -2.37. The Balaban J connectivity index is 1.33. The van der Waals surface area contributed by atoms with Crippen molar-refractivity contribution in [3.05, 3.63) is 42.7 Å². The summed E-state index contributed by atoms with van der Waals surface area (Å²) in [6, 6.07) is 8.12. The minimum atomic E-state index is -2.20. The van der Waals surface area contributed by atoms with Gasteiger partial charge in [-0.2, -0.15) is 4.98 Å². The number of morpholine rings is 1. The van der Waals surface area contributed by atoms with Crippen molar-refractivity contribution in [3.63, 3.8) is 0 Å². The Labute approximate surface area is 203 Å². The quantitative estimate of drug-likeness (QED) is 0.339. The standard InChI is InChI=1S/C22H22N8O6/c1-22(33,20(32)25-12-3-4-13-14(11-12)36-28-18(13)23)17-19(31)29(9-10-35-17)16-6-8-30(27-16)15-5-7-24-21(26-15)34-2/h3-8,11,17,33H,9-10H2,1-2H3,(H2,23,28)(H,25,32). The summed E-state index contributed by atoms with van der Waals surface area (Å²) >= 11 is 0. The Kier molecular flexibility index (Phi) is 5.74. The predicted molar refractivity (Wildman–Crippen MR) is 125 cm³/mol. The summed E-state index contributed by atoms with van der Waals surface area (Å²) in [5.41, 5.74) is 4.19. The first-order valence-corrected chi connectivity index (χ1v) is 10.8. The van der Waals surface area contributed by atoms with Gasteiger partial charge in [-0.05, 0) is 19.1 Å². The minimum absolute atomic E-state index is 0.0807. The molecular formula is C22H22N8O6. The monoisotopic (exact) mass is 494 g/mol. The molecule has 0 aliphatic carbocycles. The van der Waals surface area contributed by atoms with Crippen LogP contribution in [0.3, 0.4) is 0 Å². The van der Waals surface area contributed by atoms with Gasteiger partial charge in [-0.3, -0.25) is 14.5 Å². The molecule has 14 heteroatoms. The molecule has 2 unspecified atom stereocenters. The second-order valence-corrected chi connectivity index (χ2v) is 8.14. The molecule has 1 aliphatic rings. The Morgan fingerprint density at radius 2 is 2.14 bits per heavy atom. The average Bonchev–Trinajstić information content (AvgIpc) is 3.51. The van der Waals surface area contributed by atoms with Crippen molar-refractivity contribution in [2.45, 2.75) is 18.6 Å². The van der Waals surface area contributed by atoms with Gasteiger partial charge in [-0.15, -0.1) is 5.10 Å². The molecule has 0 bridgehead atoms. The van der Waals surface area contributed by atoms with Gasteiger partial charge in [0, 0.05) is 36.3 Å². The van der Waals surface area contributed by atoms with Gasteiger partial charge in [0.25, 0.3) is 11.8 Å². The van der Waals surface area contributed by atoms with Gasteiger partial charge in [0.1, 0.15) is 0 Å². The number of nitrogen functional groups attached to an aromatic ring is 1. The van der Waals surface area contributed by atoms with Crippen molar-refractivity contribution < 1.29 is 28.7 Å². The van der Waals surface area contributed by atoms with E-state index in [1.54, 1.807) is 30.5 Å². The maximum atomic E-state index is 13.3. The first-order chi connectivity index (χ1) is 17.3. The van der Waals surface area contributed by atoms with E-state index in [1.165, 1.54) is 35.9 Å². The number of nitrogens with one attached hydrogen (secondary N) is 1. The zero-order valence-electron chi connectivity index (χ0n) is 19.3. The molecule has 0 saturated carbocycles. The van der Waals surface area contributed by atoms with E-state index in [0.717, 1.165) is 0 Å². The first kappa shape index (κ1) is 23.2. The number of aromatic nitrogens is 5. The largest absolute Gasteiger partial charge is 0.467 e. The summed E-state index contributed by atoms with van der Waals surface area (Å²) in [6.45, 7) is 1.48. The van der Waals surface area contributed by atoms with E-state index in [4.69, 9.17) is 19.7 Å². The summed E-state index contributed by atoms with van der Waals surface area (Å²) in [5.74, 6) is -0.506. The minimum Gasteiger partial charge on any atom is -0.467 e. The van der Waals surface area contributed by atoms with Crippen molar-refractivity contribution in [2.75, 3.05) is 36.2 Å². The van der Waals surface area contributed by atoms with Gasteiger partial charge in [0.05, 0.1) is 25.6 Å². The van der Waals surface area contributed by atoms with Crippen LogP contribution in [0.2, 0.25) is 0 Å². The van der Waals surface area contributed by atoms with Crippen LogP contribution in [0.15, 0.2) is 47.2 Å². The molecule has 14 nitrogen and oxygen atoms in total. The van der Waals surface area contributed by atoms with Crippen LogP contribution in [0.5, 0.6) is 6.01 Å². The Morgan fingerprint density at radius 1 is 1.31 bits per heavy atom. The van der Waals surface area contributed by atoms with E-state index in [9.17, 15) is 14.7 Å². The van der Waals surface area contributed by atoms with Gasteiger partial charge in [-0.1, -0.05) is 5.16 Å². The van der Waals surface area contributed by atoms with Gasteiger partial charge in [0.15, 0.2) is 34.7 Å². The van der Waals surface area contributed by atoms with E-state index in [1.807, 2.05) is 0 Å². The Morgan fingerprint density at radius 3 is 2.94 bits per heavy atom. The smallest absolute Gasteiger partial charge is 0.318 e. The van der Waals surface area contributed by atoms with Crippen molar-refractivity contribution in [3.8, 4) is 11.8 Å². The van der Waals surface area contributed by atoms with Crippen LogP contribution < -0.4 is 20.7 Å². The van der Waals surface area contributed by atoms with E-state index in [0.29, 0.717) is 28.3 Å². The van der Waals surface area contributed by atoms with E-state index < -0.39 is 23.5 Å². The highest BCUT2D eigenvalue weighted by Crippen LogP contribution is 2.27. The number of fused-ring (bicyclic) bond motifs is 1. The molecule has 0 spiro atoms. The van der Waals surface area contributed by atoms with Gasteiger partial charge in [0.2, 0.25) is 0 Å². The van der Waals surface area contributed by atoms with Crippen LogP contribution in [-0.2, 0) is 14.3 Å². The summed E-state index contributed by atoms with van der Waals surface area (Å²) in [6.07, 6.45) is 1.66. The third-order valence-corrected chi connectivity index (χ3v) is 5.71. The predicted octanol–water partition coefficient (Wildman–Crippen LogP) is 0.516. The molecule has 4 heterocycles. The molecule has 2 atom stereocenters. The Bertz CT molecular complexity index is 1450. The third-order valence-electron chi connectivity index (χ3n) is 5.71. The molecule has 1 saturated heterocycles. The SMILES string of the molecule is COc1nccc(-n2ccc(N3CCOC(C(C)(O)C(=O)Nc4ccc5c(N)noc5c4)C3=O)n2)n1. The molecule has 5 rings (SSSR count). The summed E-state index contributed by atoms with van der Waals surface area (Å²) in [5, 5.41) is 22.3. The fourth-order valence-electron chi connectivity index (χ4n) is 3.77. The topological polar surface area (TPSA) is 184 Å². The third kappa shape index (κ3) is 4.08. The molecule has 3 aromatic heterocycles. The van der Waals surface area contributed by atoms with Gasteiger partial charge in [-0.25, -0.2) is 9.67 Å². The lowest BCUT2D eigenvalue weighted by atomic mass is 9.95. The number of hydrogen-bond donors (Lipinski definition) is 3. The van der Waals surface area contributed by atoms with Gasteiger partial charge >= 0.3 is 6.01 Å². The number of rotatable bonds is 6. The van der Waals surface area contributed by atoms with Crippen LogP contribution in [0.1, 0.15) is 6.92 Å². The molecule has 1 fully saturated rings. The molecule has 2 amide bonds. The van der Waals surface area contributed by atoms with E-state index in [-0.39, 0.29) is 25.0 Å². The van der Waals surface area contributed by atoms with Crippen LogP contribution in [0, 0.1) is 0 Å². The number of hydrogen-bond acceptors (Lipinski definition) is 11. The number of nitrogens with two attached hydrogens (primary N) is 1. The number of carbonyl (C=O) groups is 2. The van der Waals surface area contributed by atoms with Crippen LogP contribution in [-0.4, -0.2) is 73.8 Å². The molecule has 0 radical (unpaired) electrons. The van der Waals surface area contributed by atoms with Crippen molar-refractivity contribution in [1.82, 2.24) is 24.9 Å². The normalized spacial score (nSPS) is 17.7. The lowest BCUT2D eigenvalue weighted by Crippen LogP contribution is -2.61. The molecule has 4 aromatic rings. The van der Waals surface area contributed by atoms with Crippen molar-refractivity contribution >= 4 is 40.1 Å². The Hall–Kier alpha value is -4.56. The second-order valence-electron chi connectivity index (χ2n) is 8.14. The van der Waals surface area contributed by atoms with E-state index in [2.05, 4.69) is 25.5 Å². The van der Waals surface area contributed by atoms with Crippen molar-refractivity contribution in [2.24, 2.45) is 0 Å². The van der Waals surface area contributed by atoms with Crippen molar-refractivity contribution in [1.29, 1.82) is 0 Å². The molecular weight excluding hydrogens is 472 g/mol. The maximum Gasteiger partial charge on any atom is 0.318 e. The zero-order chi connectivity index (χ0) is 25.4. The zero-order valence-corrected chi connectivity index (χ0v) is 19.3.